The van der Waals surface area contributed by atoms with Crippen LogP contribution in [0.15, 0.2) is 48.5 Å². The Bertz CT molecular complexity index is 634. The number of fused-ring (bicyclic) bond motifs is 1. The number of nitrogens with two attached hydrogens (primary N) is 1. The van der Waals surface area contributed by atoms with Gasteiger partial charge in [0.05, 0.1) is 0 Å². The van der Waals surface area contributed by atoms with Crippen molar-refractivity contribution in [2.45, 2.75) is 25.8 Å². The van der Waals surface area contributed by atoms with Gasteiger partial charge in [-0.3, -0.25) is 0 Å². The molecule has 2 N–H and O–H groups in total. The molecule has 0 saturated heterocycles. The molecule has 2 aromatic rings. The van der Waals surface area contributed by atoms with Gasteiger partial charge in [-0.05, 0) is 36.5 Å². The molecular formula is C18H20N2S. The number of benzene rings is 2. The highest BCUT2D eigenvalue weighted by atomic mass is 32.1. The lowest BCUT2D eigenvalue weighted by atomic mass is 10.1. The minimum atomic E-state index is 0.460. The molecule has 0 aliphatic carbocycles. The third-order valence-electron chi connectivity index (χ3n) is 4.07. The Morgan fingerprint density at radius 2 is 1.81 bits per heavy atom. The number of hydrogen-bond donors (Lipinski definition) is 1. The van der Waals surface area contributed by atoms with Crippen molar-refractivity contribution in [1.29, 1.82) is 0 Å². The average molecular weight is 296 g/mol. The third-order valence-corrected chi connectivity index (χ3v) is 4.30. The molecule has 0 radical (unpaired) electrons. The molecule has 0 aromatic heterocycles. The molecular weight excluding hydrogens is 276 g/mol. The quantitative estimate of drug-likeness (QED) is 0.876. The second-order valence-corrected chi connectivity index (χ2v) is 6.01. The van der Waals surface area contributed by atoms with Crippen molar-refractivity contribution in [1.82, 2.24) is 0 Å². The van der Waals surface area contributed by atoms with Gasteiger partial charge in [0.1, 0.15) is 4.99 Å². The Morgan fingerprint density at radius 1 is 1.05 bits per heavy atom. The van der Waals surface area contributed by atoms with Crippen molar-refractivity contribution in [2.24, 2.45) is 5.73 Å². The minimum Gasteiger partial charge on any atom is -0.389 e. The van der Waals surface area contributed by atoms with E-state index in [2.05, 4.69) is 41.3 Å². The van der Waals surface area contributed by atoms with Gasteiger partial charge in [-0.1, -0.05) is 54.7 Å². The van der Waals surface area contributed by atoms with E-state index in [1.54, 1.807) is 0 Å². The van der Waals surface area contributed by atoms with E-state index in [9.17, 15) is 0 Å². The van der Waals surface area contributed by atoms with E-state index in [1.807, 2.05) is 12.1 Å². The molecule has 0 spiro atoms. The largest absolute Gasteiger partial charge is 0.389 e. The maximum Gasteiger partial charge on any atom is 0.103 e. The normalized spacial score (nSPS) is 14.4. The number of hydrogen-bond acceptors (Lipinski definition) is 2. The summed E-state index contributed by atoms with van der Waals surface area (Å²) in [7, 11) is 0. The lowest BCUT2D eigenvalue weighted by molar-refractivity contribution is 0.714. The van der Waals surface area contributed by atoms with Crippen LogP contribution in [-0.2, 0) is 13.0 Å². The summed E-state index contributed by atoms with van der Waals surface area (Å²) in [5, 5.41) is 0. The maximum absolute atomic E-state index is 5.65. The highest BCUT2D eigenvalue weighted by Crippen LogP contribution is 2.27. The number of thiocarbonyl (C=S) groups is 1. The molecule has 0 fully saturated rings. The summed E-state index contributed by atoms with van der Waals surface area (Å²) in [6.07, 6.45) is 3.71. The molecule has 0 amide bonds. The van der Waals surface area contributed by atoms with Gasteiger partial charge in [0.15, 0.2) is 0 Å². The predicted octanol–water partition coefficient (Wildman–Crippen LogP) is 3.66. The molecule has 1 aliphatic rings. The highest BCUT2D eigenvalue weighted by molar-refractivity contribution is 7.80. The predicted molar refractivity (Wildman–Crippen MR) is 92.8 cm³/mol. The van der Waals surface area contributed by atoms with E-state index < -0.39 is 0 Å². The van der Waals surface area contributed by atoms with Crippen molar-refractivity contribution in [3.8, 4) is 0 Å². The number of para-hydroxylation sites is 1. The molecule has 108 valence electrons. The lowest BCUT2D eigenvalue weighted by Crippen LogP contribution is -2.23. The first kappa shape index (κ1) is 14.1. The summed E-state index contributed by atoms with van der Waals surface area (Å²) in [6, 6.07) is 17.0. The number of nitrogens with zero attached hydrogens (tertiary/aromatic N) is 1. The summed E-state index contributed by atoms with van der Waals surface area (Å²) in [6.45, 7) is 2.06. The summed E-state index contributed by atoms with van der Waals surface area (Å²) in [5.41, 5.74) is 10.7. The van der Waals surface area contributed by atoms with Gasteiger partial charge in [0.2, 0.25) is 0 Å². The van der Waals surface area contributed by atoms with E-state index in [-0.39, 0.29) is 0 Å². The van der Waals surface area contributed by atoms with Crippen LogP contribution in [0.2, 0.25) is 0 Å². The fraction of sp³-hybridized carbons (Fsp3) is 0.278. The first-order valence-electron chi connectivity index (χ1n) is 7.45. The van der Waals surface area contributed by atoms with Gasteiger partial charge >= 0.3 is 0 Å². The Balaban J connectivity index is 1.82. The summed E-state index contributed by atoms with van der Waals surface area (Å²) < 4.78 is 0. The molecule has 3 rings (SSSR count). The van der Waals surface area contributed by atoms with Crippen molar-refractivity contribution >= 4 is 22.9 Å². The standard InChI is InChI=1S/C18H20N2S/c19-18(21)16-10-8-14(9-11-16)13-20-12-4-3-6-15-5-1-2-7-17(15)20/h1-2,5,7-11H,3-4,6,12-13H2,(H2,19,21). The molecule has 2 aromatic carbocycles. The SMILES string of the molecule is NC(=S)c1ccc(CN2CCCCc3ccccc32)cc1. The molecule has 0 bridgehead atoms. The number of anilines is 1. The Morgan fingerprint density at radius 3 is 2.57 bits per heavy atom. The molecule has 1 aliphatic heterocycles. The van der Waals surface area contributed by atoms with Gasteiger partial charge in [-0.25, -0.2) is 0 Å². The highest BCUT2D eigenvalue weighted by Gasteiger charge is 2.14. The molecule has 0 saturated carbocycles. The second kappa shape index (κ2) is 6.27. The van der Waals surface area contributed by atoms with Crippen molar-refractivity contribution in [2.75, 3.05) is 11.4 Å². The van der Waals surface area contributed by atoms with E-state index >= 15 is 0 Å². The zero-order chi connectivity index (χ0) is 14.7. The van der Waals surface area contributed by atoms with Crippen molar-refractivity contribution in [3.05, 3.63) is 65.2 Å². The van der Waals surface area contributed by atoms with E-state index in [4.69, 9.17) is 18.0 Å². The van der Waals surface area contributed by atoms with Crippen LogP contribution in [-0.4, -0.2) is 11.5 Å². The van der Waals surface area contributed by atoms with Crippen LogP contribution >= 0.6 is 12.2 Å². The van der Waals surface area contributed by atoms with Crippen molar-refractivity contribution < 1.29 is 0 Å². The van der Waals surface area contributed by atoms with Crippen LogP contribution < -0.4 is 10.6 Å². The van der Waals surface area contributed by atoms with E-state index in [0.29, 0.717) is 4.99 Å². The molecule has 0 atom stereocenters. The maximum atomic E-state index is 5.65. The van der Waals surface area contributed by atoms with Crippen LogP contribution in [0.3, 0.4) is 0 Å². The molecule has 3 heteroatoms. The molecule has 21 heavy (non-hydrogen) atoms. The topological polar surface area (TPSA) is 29.3 Å². The van der Waals surface area contributed by atoms with Gasteiger partial charge in [0.25, 0.3) is 0 Å². The Kier molecular flexibility index (Phi) is 4.20. The number of rotatable bonds is 3. The van der Waals surface area contributed by atoms with E-state index in [0.717, 1.165) is 18.7 Å². The van der Waals surface area contributed by atoms with Gasteiger partial charge in [-0.15, -0.1) is 0 Å². The smallest absolute Gasteiger partial charge is 0.103 e. The third kappa shape index (κ3) is 3.24. The first-order valence-corrected chi connectivity index (χ1v) is 7.86. The first-order chi connectivity index (χ1) is 10.2. The van der Waals surface area contributed by atoms with Gasteiger partial charge in [0, 0.05) is 24.3 Å². The fourth-order valence-electron chi connectivity index (χ4n) is 2.93. The Labute approximate surface area is 131 Å². The summed E-state index contributed by atoms with van der Waals surface area (Å²) in [4.78, 5) is 2.94. The van der Waals surface area contributed by atoms with E-state index in [1.165, 1.54) is 36.1 Å². The molecule has 1 heterocycles. The second-order valence-electron chi connectivity index (χ2n) is 5.57. The lowest BCUT2D eigenvalue weighted by Gasteiger charge is -2.25. The summed E-state index contributed by atoms with van der Waals surface area (Å²) >= 11 is 5.00. The fourth-order valence-corrected chi connectivity index (χ4v) is 3.06. The molecule has 2 nitrogen and oxygen atoms in total. The Hall–Kier alpha value is -1.87. The zero-order valence-electron chi connectivity index (χ0n) is 12.1. The monoisotopic (exact) mass is 296 g/mol. The van der Waals surface area contributed by atoms with Crippen LogP contribution in [0.1, 0.15) is 29.5 Å². The van der Waals surface area contributed by atoms with Crippen molar-refractivity contribution in [3.63, 3.8) is 0 Å². The number of aryl methyl sites for hydroxylation is 1. The summed E-state index contributed by atoms with van der Waals surface area (Å²) in [5.74, 6) is 0. The molecule has 0 unspecified atom stereocenters. The van der Waals surface area contributed by atoms with Gasteiger partial charge in [-0.2, -0.15) is 0 Å². The van der Waals surface area contributed by atoms with Crippen LogP contribution in [0.25, 0.3) is 0 Å². The minimum absolute atomic E-state index is 0.460. The average Bonchev–Trinajstić information content (AvgIpc) is 2.71. The van der Waals surface area contributed by atoms with Crippen LogP contribution in [0.4, 0.5) is 5.69 Å². The van der Waals surface area contributed by atoms with Crippen LogP contribution in [0.5, 0.6) is 0 Å². The van der Waals surface area contributed by atoms with Crippen LogP contribution in [0, 0.1) is 0 Å². The zero-order valence-corrected chi connectivity index (χ0v) is 12.9. The van der Waals surface area contributed by atoms with Gasteiger partial charge < -0.3 is 10.6 Å².